The summed E-state index contributed by atoms with van der Waals surface area (Å²) in [6.45, 7) is 4.28. The Bertz CT molecular complexity index is 1130. The smallest absolute Gasteiger partial charge is 0.330 e. The lowest BCUT2D eigenvalue weighted by Crippen LogP contribution is -2.61. The molecule has 0 amide bonds. The van der Waals surface area contributed by atoms with Crippen LogP contribution in [0.5, 0.6) is 0 Å². The van der Waals surface area contributed by atoms with Crippen LogP contribution in [0.25, 0.3) is 0 Å². The van der Waals surface area contributed by atoms with Crippen LogP contribution >= 0.6 is 23.2 Å². The molecule has 2 heterocycles. The van der Waals surface area contributed by atoms with Gasteiger partial charge in [0.15, 0.2) is 24.5 Å². The maximum Gasteiger partial charge on any atom is 0.330 e. The zero-order valence-electron chi connectivity index (χ0n) is 21.1. The number of aromatic amines is 1. The van der Waals surface area contributed by atoms with Crippen LogP contribution in [-0.2, 0) is 42.9 Å². The number of carbonyl (C=O) groups excluding carboxylic acids is 4. The van der Waals surface area contributed by atoms with Crippen LogP contribution in [0.15, 0.2) is 15.8 Å². The third kappa shape index (κ3) is 8.20. The minimum Gasteiger partial charge on any atom is -0.463 e. The first-order chi connectivity index (χ1) is 17.9. The van der Waals surface area contributed by atoms with Crippen molar-refractivity contribution in [1.29, 1.82) is 0 Å². The van der Waals surface area contributed by atoms with E-state index >= 15 is 0 Å². The lowest BCUT2D eigenvalue weighted by molar-refractivity contribution is -0.269. The minimum atomic E-state index is -1.54. The van der Waals surface area contributed by atoms with Gasteiger partial charge in [0.2, 0.25) is 0 Å². The van der Waals surface area contributed by atoms with Crippen molar-refractivity contribution in [3.05, 3.63) is 27.0 Å². The van der Waals surface area contributed by atoms with Crippen molar-refractivity contribution < 1.29 is 42.9 Å². The SMILES string of the molecule is CC(=O)OC[C@@H]1O[C@@H](n2cc(N(CCCl)CCCl)c(=O)[nH]c2=O)[C@@H](OC(C)=O)[C@@H](OC(C)=O)[C@@H]1OC(C)=O. The Labute approximate surface area is 227 Å². The zero-order chi connectivity index (χ0) is 28.6. The van der Waals surface area contributed by atoms with E-state index in [-0.39, 0.29) is 30.5 Å². The van der Waals surface area contributed by atoms with E-state index in [1.807, 2.05) is 0 Å². The van der Waals surface area contributed by atoms with Gasteiger partial charge in [-0.2, -0.15) is 0 Å². The highest BCUT2D eigenvalue weighted by atomic mass is 35.5. The quantitative estimate of drug-likeness (QED) is 0.212. The van der Waals surface area contributed by atoms with Crippen LogP contribution in [0.4, 0.5) is 5.69 Å². The maximum absolute atomic E-state index is 13.0. The molecular weight excluding hydrogens is 553 g/mol. The molecule has 0 spiro atoms. The van der Waals surface area contributed by atoms with Crippen LogP contribution in [0.2, 0.25) is 0 Å². The zero-order valence-corrected chi connectivity index (χ0v) is 22.7. The van der Waals surface area contributed by atoms with Crippen molar-refractivity contribution in [2.75, 3.05) is 36.4 Å². The number of halogens is 2. The first-order valence-corrected chi connectivity index (χ1v) is 12.5. The van der Waals surface area contributed by atoms with Crippen LogP contribution in [0, 0.1) is 0 Å². The molecular formula is C22H29Cl2N3O11. The van der Waals surface area contributed by atoms with Gasteiger partial charge in [-0.05, 0) is 0 Å². The Balaban J connectivity index is 2.73. The second kappa shape index (κ2) is 14.2. The molecule has 1 aliphatic heterocycles. The standard InChI is InChI=1S/C22H29Cl2N3O11/c1-11(28)34-10-16-17(35-12(2)29)18(36-13(3)30)19(37-14(4)31)21(38-16)27-9-15(20(32)25-22(27)33)26(7-5-23)8-6-24/h9,16-19,21H,5-8,10H2,1-4H3,(H,25,32,33)/t16-,17+,18-,19-,21+/m0/s1. The average Bonchev–Trinajstić information content (AvgIpc) is 2.80. The van der Waals surface area contributed by atoms with Crippen molar-refractivity contribution in [2.45, 2.75) is 58.3 Å². The molecule has 16 heteroatoms. The monoisotopic (exact) mass is 581 g/mol. The van der Waals surface area contributed by atoms with E-state index in [4.69, 9.17) is 46.9 Å². The summed E-state index contributed by atoms with van der Waals surface area (Å²) in [7, 11) is 0. The summed E-state index contributed by atoms with van der Waals surface area (Å²) in [4.78, 5) is 76.8. The molecule has 5 atom stereocenters. The second-order valence-electron chi connectivity index (χ2n) is 8.14. The van der Waals surface area contributed by atoms with Crippen molar-refractivity contribution in [3.8, 4) is 0 Å². The largest absolute Gasteiger partial charge is 0.463 e. The van der Waals surface area contributed by atoms with E-state index in [2.05, 4.69) is 4.98 Å². The van der Waals surface area contributed by atoms with Crippen LogP contribution in [-0.4, -0.2) is 89.3 Å². The van der Waals surface area contributed by atoms with E-state index in [1.54, 1.807) is 0 Å². The van der Waals surface area contributed by atoms with Gasteiger partial charge in [-0.3, -0.25) is 33.5 Å². The molecule has 0 aliphatic carbocycles. The Kier molecular flexibility index (Phi) is 11.6. The van der Waals surface area contributed by atoms with E-state index in [9.17, 15) is 28.8 Å². The summed E-state index contributed by atoms with van der Waals surface area (Å²) in [6, 6.07) is 0. The van der Waals surface area contributed by atoms with Gasteiger partial charge in [0.1, 0.15) is 18.4 Å². The van der Waals surface area contributed by atoms with E-state index in [0.29, 0.717) is 0 Å². The average molecular weight is 582 g/mol. The number of esters is 4. The molecule has 0 radical (unpaired) electrons. The minimum absolute atomic E-state index is 0.00115. The normalized spacial score (nSPS) is 22.7. The Morgan fingerprint density at radius 2 is 1.42 bits per heavy atom. The molecule has 1 aliphatic rings. The number of anilines is 1. The Morgan fingerprint density at radius 3 is 1.92 bits per heavy atom. The van der Waals surface area contributed by atoms with Crippen molar-refractivity contribution >= 4 is 52.8 Å². The van der Waals surface area contributed by atoms with E-state index in [1.165, 1.54) is 4.90 Å². The number of carbonyl (C=O) groups is 4. The highest BCUT2D eigenvalue weighted by Crippen LogP contribution is 2.34. The van der Waals surface area contributed by atoms with Crippen molar-refractivity contribution in [1.82, 2.24) is 9.55 Å². The van der Waals surface area contributed by atoms with Gasteiger partial charge < -0.3 is 28.6 Å². The number of rotatable bonds is 11. The summed E-state index contributed by atoms with van der Waals surface area (Å²) in [5, 5.41) is 0. The van der Waals surface area contributed by atoms with Crippen LogP contribution in [0.3, 0.4) is 0 Å². The fourth-order valence-electron chi connectivity index (χ4n) is 3.88. The van der Waals surface area contributed by atoms with Gasteiger partial charge >= 0.3 is 29.6 Å². The van der Waals surface area contributed by atoms with Gasteiger partial charge in [0.25, 0.3) is 5.56 Å². The highest BCUT2D eigenvalue weighted by Gasteiger charge is 2.53. The van der Waals surface area contributed by atoms with Crippen molar-refractivity contribution in [2.24, 2.45) is 0 Å². The second-order valence-corrected chi connectivity index (χ2v) is 8.89. The number of hydrogen-bond acceptors (Lipinski definition) is 12. The number of ether oxygens (including phenoxy) is 5. The van der Waals surface area contributed by atoms with Gasteiger partial charge in [-0.15, -0.1) is 23.2 Å². The fourth-order valence-corrected chi connectivity index (χ4v) is 4.28. The summed E-state index contributed by atoms with van der Waals surface area (Å²) >= 11 is 11.7. The fraction of sp³-hybridized carbons (Fsp3) is 0.636. The van der Waals surface area contributed by atoms with Crippen LogP contribution in [0.1, 0.15) is 33.9 Å². The predicted molar refractivity (Wildman–Crippen MR) is 132 cm³/mol. The van der Waals surface area contributed by atoms with Crippen molar-refractivity contribution in [3.63, 3.8) is 0 Å². The predicted octanol–water partition coefficient (Wildman–Crippen LogP) is 0.0762. The summed E-state index contributed by atoms with van der Waals surface area (Å²) in [5.41, 5.74) is -1.71. The number of nitrogens with one attached hydrogen (secondary N) is 1. The molecule has 212 valence electrons. The molecule has 0 bridgehead atoms. The van der Waals surface area contributed by atoms with Gasteiger partial charge in [0, 0.05) is 58.7 Å². The number of hydrogen-bond donors (Lipinski definition) is 1. The number of H-pyrrole nitrogens is 1. The van der Waals surface area contributed by atoms with Gasteiger partial charge in [-0.1, -0.05) is 0 Å². The molecule has 1 aromatic heterocycles. The molecule has 1 saturated heterocycles. The van der Waals surface area contributed by atoms with Gasteiger partial charge in [0.05, 0.1) is 0 Å². The Hall–Kier alpha value is -3.10. The molecule has 1 fully saturated rings. The third-order valence-electron chi connectivity index (χ3n) is 5.24. The summed E-state index contributed by atoms with van der Waals surface area (Å²) in [6.07, 6.45) is -6.11. The molecule has 0 unspecified atom stereocenters. The highest BCUT2D eigenvalue weighted by molar-refractivity contribution is 6.18. The Morgan fingerprint density at radius 1 is 0.895 bits per heavy atom. The lowest BCUT2D eigenvalue weighted by Gasteiger charge is -2.44. The van der Waals surface area contributed by atoms with E-state index < -0.39 is 72.4 Å². The topological polar surface area (TPSA) is 173 Å². The third-order valence-corrected chi connectivity index (χ3v) is 5.58. The molecule has 0 aromatic carbocycles. The first-order valence-electron chi connectivity index (χ1n) is 11.4. The number of nitrogens with zero attached hydrogens (tertiary/aromatic N) is 2. The molecule has 0 saturated carbocycles. The maximum atomic E-state index is 13.0. The summed E-state index contributed by atoms with van der Waals surface area (Å²) in [5.74, 6) is -2.90. The number of aromatic nitrogens is 2. The molecule has 1 aromatic rings. The summed E-state index contributed by atoms with van der Waals surface area (Å²) < 4.78 is 28.0. The van der Waals surface area contributed by atoms with E-state index in [0.717, 1.165) is 38.5 Å². The van der Waals surface area contributed by atoms with Crippen LogP contribution < -0.4 is 16.1 Å². The molecule has 2 rings (SSSR count). The molecule has 14 nitrogen and oxygen atoms in total. The lowest BCUT2D eigenvalue weighted by atomic mass is 9.97. The first kappa shape index (κ1) is 31.1. The molecule has 38 heavy (non-hydrogen) atoms. The van der Waals surface area contributed by atoms with Gasteiger partial charge in [-0.25, -0.2) is 4.79 Å². The molecule has 1 N–H and O–H groups in total. The number of alkyl halides is 2.